The number of hydrogen-bond acceptors (Lipinski definition) is 4. The van der Waals surface area contributed by atoms with E-state index in [1.54, 1.807) is 17.5 Å². The topological polar surface area (TPSA) is 42.0 Å². The fourth-order valence-electron chi connectivity index (χ4n) is 1.66. The highest BCUT2D eigenvalue weighted by Gasteiger charge is 2.06. The molecule has 19 heavy (non-hydrogen) atoms. The highest BCUT2D eigenvalue weighted by Crippen LogP contribution is 2.23. The first-order valence-corrected chi connectivity index (χ1v) is 7.49. The Morgan fingerprint density at radius 1 is 1.11 bits per heavy atom. The van der Waals surface area contributed by atoms with Crippen LogP contribution in [-0.2, 0) is 0 Å². The second-order valence-electron chi connectivity index (χ2n) is 3.88. The molecule has 0 aliphatic rings. The number of nitrogens with one attached hydrogen (secondary N) is 1. The third kappa shape index (κ3) is 2.72. The lowest BCUT2D eigenvalue weighted by atomic mass is 10.2. The molecule has 0 atom stereocenters. The van der Waals surface area contributed by atoms with E-state index in [1.165, 1.54) is 11.3 Å². The summed E-state index contributed by atoms with van der Waals surface area (Å²) in [4.78, 5) is 16.1. The lowest BCUT2D eigenvalue weighted by Gasteiger charge is -2.04. The SMILES string of the molecule is O=C(Nc1ccc(-c2nccs2)cc1)c1ccsc1. The Labute approximate surface area is 118 Å². The molecular weight excluding hydrogens is 276 g/mol. The van der Waals surface area contributed by atoms with Crippen LogP contribution >= 0.6 is 22.7 Å². The highest BCUT2D eigenvalue weighted by molar-refractivity contribution is 7.13. The zero-order chi connectivity index (χ0) is 13.1. The van der Waals surface area contributed by atoms with Gasteiger partial charge in [-0.1, -0.05) is 0 Å². The summed E-state index contributed by atoms with van der Waals surface area (Å²) in [7, 11) is 0. The monoisotopic (exact) mass is 286 g/mol. The molecule has 1 aromatic carbocycles. The number of thiazole rings is 1. The van der Waals surface area contributed by atoms with Crippen molar-refractivity contribution in [3.05, 3.63) is 58.2 Å². The van der Waals surface area contributed by atoms with E-state index in [1.807, 2.05) is 46.5 Å². The number of amides is 1. The molecule has 0 radical (unpaired) electrons. The zero-order valence-electron chi connectivity index (χ0n) is 9.87. The molecule has 0 spiro atoms. The summed E-state index contributed by atoms with van der Waals surface area (Å²) in [6, 6.07) is 9.51. The molecule has 0 saturated heterocycles. The van der Waals surface area contributed by atoms with Crippen molar-refractivity contribution < 1.29 is 4.79 Å². The largest absolute Gasteiger partial charge is 0.322 e. The van der Waals surface area contributed by atoms with Crippen molar-refractivity contribution in [1.29, 1.82) is 0 Å². The van der Waals surface area contributed by atoms with E-state index >= 15 is 0 Å². The molecule has 1 N–H and O–H groups in total. The summed E-state index contributed by atoms with van der Waals surface area (Å²) in [5.41, 5.74) is 2.54. The number of aromatic nitrogens is 1. The molecule has 0 aliphatic carbocycles. The van der Waals surface area contributed by atoms with Gasteiger partial charge in [-0.15, -0.1) is 11.3 Å². The number of hydrogen-bond donors (Lipinski definition) is 1. The van der Waals surface area contributed by atoms with Crippen molar-refractivity contribution in [3.8, 4) is 10.6 Å². The van der Waals surface area contributed by atoms with E-state index in [9.17, 15) is 4.79 Å². The molecule has 2 heterocycles. The van der Waals surface area contributed by atoms with Gasteiger partial charge in [-0.05, 0) is 35.7 Å². The lowest BCUT2D eigenvalue weighted by Crippen LogP contribution is -2.10. The molecular formula is C14H10N2OS2. The minimum atomic E-state index is -0.0803. The fraction of sp³-hybridized carbons (Fsp3) is 0. The summed E-state index contributed by atoms with van der Waals surface area (Å²) in [5, 5.41) is 9.52. The van der Waals surface area contributed by atoms with Crippen molar-refractivity contribution >= 4 is 34.3 Å². The molecule has 2 aromatic heterocycles. The normalized spacial score (nSPS) is 10.3. The lowest BCUT2D eigenvalue weighted by molar-refractivity contribution is 0.102. The van der Waals surface area contributed by atoms with Gasteiger partial charge in [0.25, 0.3) is 5.91 Å². The first-order chi connectivity index (χ1) is 9.33. The van der Waals surface area contributed by atoms with Crippen LogP contribution in [0.5, 0.6) is 0 Å². The van der Waals surface area contributed by atoms with Gasteiger partial charge in [0.15, 0.2) is 0 Å². The van der Waals surface area contributed by atoms with Crippen molar-refractivity contribution in [3.63, 3.8) is 0 Å². The summed E-state index contributed by atoms with van der Waals surface area (Å²) >= 11 is 3.11. The number of nitrogens with zero attached hydrogens (tertiary/aromatic N) is 1. The number of rotatable bonds is 3. The summed E-state index contributed by atoms with van der Waals surface area (Å²) in [6.45, 7) is 0. The third-order valence-electron chi connectivity index (χ3n) is 2.61. The highest BCUT2D eigenvalue weighted by atomic mass is 32.1. The van der Waals surface area contributed by atoms with Crippen LogP contribution in [0.4, 0.5) is 5.69 Å². The zero-order valence-corrected chi connectivity index (χ0v) is 11.5. The summed E-state index contributed by atoms with van der Waals surface area (Å²) in [5.74, 6) is -0.0803. The Morgan fingerprint density at radius 3 is 2.58 bits per heavy atom. The Hall–Kier alpha value is -1.98. The number of benzene rings is 1. The van der Waals surface area contributed by atoms with Gasteiger partial charge in [0.05, 0.1) is 5.56 Å². The van der Waals surface area contributed by atoms with Crippen LogP contribution < -0.4 is 5.32 Å². The first-order valence-electron chi connectivity index (χ1n) is 5.66. The van der Waals surface area contributed by atoms with E-state index in [2.05, 4.69) is 10.3 Å². The maximum absolute atomic E-state index is 11.9. The minimum absolute atomic E-state index is 0.0803. The number of anilines is 1. The van der Waals surface area contributed by atoms with Crippen molar-refractivity contribution in [2.45, 2.75) is 0 Å². The molecule has 0 unspecified atom stereocenters. The van der Waals surface area contributed by atoms with E-state index in [-0.39, 0.29) is 5.91 Å². The Bertz CT molecular complexity index is 658. The average Bonchev–Trinajstić information content (AvgIpc) is 3.13. The maximum Gasteiger partial charge on any atom is 0.256 e. The Balaban J connectivity index is 1.75. The predicted molar refractivity (Wildman–Crippen MR) is 79.8 cm³/mol. The van der Waals surface area contributed by atoms with E-state index < -0.39 is 0 Å². The van der Waals surface area contributed by atoms with Gasteiger partial charge >= 0.3 is 0 Å². The van der Waals surface area contributed by atoms with Crippen molar-refractivity contribution in [2.75, 3.05) is 5.32 Å². The van der Waals surface area contributed by atoms with Crippen molar-refractivity contribution in [2.24, 2.45) is 0 Å². The molecule has 0 bridgehead atoms. The molecule has 0 saturated carbocycles. The molecule has 3 rings (SSSR count). The van der Waals surface area contributed by atoms with Crippen LogP contribution in [0.15, 0.2) is 52.7 Å². The summed E-state index contributed by atoms with van der Waals surface area (Å²) in [6.07, 6.45) is 1.78. The van der Waals surface area contributed by atoms with Gasteiger partial charge in [0.2, 0.25) is 0 Å². The first kappa shape index (κ1) is 12.1. The molecule has 94 valence electrons. The molecule has 3 nitrogen and oxygen atoms in total. The average molecular weight is 286 g/mol. The van der Waals surface area contributed by atoms with E-state index in [0.717, 1.165) is 16.3 Å². The standard InChI is InChI=1S/C14H10N2OS2/c17-13(11-5-7-18-9-11)16-12-3-1-10(2-4-12)14-15-6-8-19-14/h1-9H,(H,16,17). The van der Waals surface area contributed by atoms with Gasteiger partial charge in [0, 0.05) is 28.2 Å². The van der Waals surface area contributed by atoms with Gasteiger partial charge in [0.1, 0.15) is 5.01 Å². The predicted octanol–water partition coefficient (Wildman–Crippen LogP) is 4.12. The van der Waals surface area contributed by atoms with Crippen LogP contribution in [0.1, 0.15) is 10.4 Å². The molecule has 3 aromatic rings. The van der Waals surface area contributed by atoms with Gasteiger partial charge in [-0.2, -0.15) is 11.3 Å². The maximum atomic E-state index is 11.9. The molecule has 0 aliphatic heterocycles. The van der Waals surface area contributed by atoms with Gasteiger partial charge in [-0.3, -0.25) is 4.79 Å². The van der Waals surface area contributed by atoms with Crippen LogP contribution in [0, 0.1) is 0 Å². The van der Waals surface area contributed by atoms with Crippen molar-refractivity contribution in [1.82, 2.24) is 4.98 Å². The Morgan fingerprint density at radius 2 is 1.95 bits per heavy atom. The fourth-order valence-corrected chi connectivity index (χ4v) is 2.94. The van der Waals surface area contributed by atoms with E-state index in [0.29, 0.717) is 5.56 Å². The smallest absolute Gasteiger partial charge is 0.256 e. The van der Waals surface area contributed by atoms with Gasteiger partial charge in [-0.25, -0.2) is 4.98 Å². The van der Waals surface area contributed by atoms with Crippen LogP contribution in [0.3, 0.4) is 0 Å². The van der Waals surface area contributed by atoms with Crippen LogP contribution in [-0.4, -0.2) is 10.9 Å². The minimum Gasteiger partial charge on any atom is -0.322 e. The third-order valence-corrected chi connectivity index (χ3v) is 4.11. The summed E-state index contributed by atoms with van der Waals surface area (Å²) < 4.78 is 0. The van der Waals surface area contributed by atoms with E-state index in [4.69, 9.17) is 0 Å². The molecule has 0 fully saturated rings. The molecule has 1 amide bonds. The van der Waals surface area contributed by atoms with Gasteiger partial charge < -0.3 is 5.32 Å². The number of carbonyl (C=O) groups excluding carboxylic acids is 1. The number of carbonyl (C=O) groups is 1. The van der Waals surface area contributed by atoms with Crippen LogP contribution in [0.25, 0.3) is 10.6 Å². The van der Waals surface area contributed by atoms with Crippen LogP contribution in [0.2, 0.25) is 0 Å². The Kier molecular flexibility index (Phi) is 3.39. The second kappa shape index (κ2) is 5.34. The second-order valence-corrected chi connectivity index (χ2v) is 5.56. The molecule has 5 heteroatoms. The number of thiophene rings is 1. The quantitative estimate of drug-likeness (QED) is 0.786.